The van der Waals surface area contributed by atoms with Crippen molar-refractivity contribution >= 4 is 33.0 Å². The van der Waals surface area contributed by atoms with Crippen molar-refractivity contribution in [1.82, 2.24) is 0 Å². The van der Waals surface area contributed by atoms with Gasteiger partial charge in [0.25, 0.3) is 0 Å². The summed E-state index contributed by atoms with van der Waals surface area (Å²) in [6, 6.07) is 18.1. The number of halogens is 1. The molecule has 20 heavy (non-hydrogen) atoms. The second-order valence-corrected chi connectivity index (χ2v) is 5.64. The molecular weight excluding hydrogens is 312 g/mol. The first-order chi connectivity index (χ1) is 9.72. The Morgan fingerprint density at radius 2 is 1.75 bits per heavy atom. The van der Waals surface area contributed by atoms with Crippen LogP contribution in [0, 0.1) is 6.92 Å². The molecule has 0 bridgehead atoms. The molecule has 0 radical (unpaired) electrons. The summed E-state index contributed by atoms with van der Waals surface area (Å²) in [5, 5.41) is 2.26. The second kappa shape index (κ2) is 5.22. The molecule has 0 aliphatic carbocycles. The van der Waals surface area contributed by atoms with Crippen molar-refractivity contribution in [3.63, 3.8) is 0 Å². The first kappa shape index (κ1) is 13.1. The van der Waals surface area contributed by atoms with Crippen LogP contribution in [-0.4, -0.2) is 6.29 Å². The lowest BCUT2D eigenvalue weighted by Gasteiger charge is -2.13. The maximum absolute atomic E-state index is 11.4. The molecule has 0 N–H and O–H groups in total. The Morgan fingerprint density at radius 3 is 2.55 bits per heavy atom. The van der Waals surface area contributed by atoms with Crippen LogP contribution in [0.5, 0.6) is 0 Å². The van der Waals surface area contributed by atoms with E-state index in [0.717, 1.165) is 43.8 Å². The van der Waals surface area contributed by atoms with Crippen LogP contribution in [-0.2, 0) is 0 Å². The molecular formula is C18H13BrO. The van der Waals surface area contributed by atoms with Crippen LogP contribution in [0.25, 0.3) is 21.9 Å². The largest absolute Gasteiger partial charge is 0.298 e. The Hall–Kier alpha value is -1.93. The van der Waals surface area contributed by atoms with Gasteiger partial charge in [-0.3, -0.25) is 4.79 Å². The normalized spacial score (nSPS) is 10.7. The summed E-state index contributed by atoms with van der Waals surface area (Å²) in [5.41, 5.74) is 3.98. The molecule has 0 unspecified atom stereocenters. The van der Waals surface area contributed by atoms with Crippen LogP contribution in [0.15, 0.2) is 59.1 Å². The molecule has 0 aromatic heterocycles. The number of carbonyl (C=O) groups excluding carboxylic acids is 1. The van der Waals surface area contributed by atoms with E-state index in [4.69, 9.17) is 0 Å². The molecule has 3 rings (SSSR count). The SMILES string of the molecule is Cc1c(Br)cccc1-c1c(C=O)ccc2ccccc12. The molecule has 1 nitrogen and oxygen atoms in total. The highest BCUT2D eigenvalue weighted by Crippen LogP contribution is 2.35. The number of fused-ring (bicyclic) bond motifs is 1. The lowest BCUT2D eigenvalue weighted by Crippen LogP contribution is -1.92. The fourth-order valence-corrected chi connectivity index (χ4v) is 2.93. The van der Waals surface area contributed by atoms with E-state index in [0.29, 0.717) is 0 Å². The van der Waals surface area contributed by atoms with Gasteiger partial charge in [-0.25, -0.2) is 0 Å². The fourth-order valence-electron chi connectivity index (χ4n) is 2.57. The number of hydrogen-bond donors (Lipinski definition) is 0. The quantitative estimate of drug-likeness (QED) is 0.577. The van der Waals surface area contributed by atoms with Crippen molar-refractivity contribution < 1.29 is 4.79 Å². The molecule has 0 amide bonds. The summed E-state index contributed by atoms with van der Waals surface area (Å²) in [5.74, 6) is 0. The summed E-state index contributed by atoms with van der Waals surface area (Å²) in [7, 11) is 0. The number of benzene rings is 3. The Bertz CT molecular complexity index is 806. The Kier molecular flexibility index (Phi) is 3.41. The van der Waals surface area contributed by atoms with Gasteiger partial charge in [-0.2, -0.15) is 0 Å². The summed E-state index contributed by atoms with van der Waals surface area (Å²) in [6.45, 7) is 2.07. The molecule has 98 valence electrons. The molecule has 3 aromatic rings. The van der Waals surface area contributed by atoms with Crippen molar-refractivity contribution in [1.29, 1.82) is 0 Å². The monoisotopic (exact) mass is 324 g/mol. The number of carbonyl (C=O) groups is 1. The lowest BCUT2D eigenvalue weighted by molar-refractivity contribution is 0.112. The van der Waals surface area contributed by atoms with E-state index in [1.165, 1.54) is 0 Å². The molecule has 2 heteroatoms. The number of hydrogen-bond acceptors (Lipinski definition) is 1. The number of aldehydes is 1. The van der Waals surface area contributed by atoms with E-state index in [1.807, 2.05) is 36.4 Å². The Balaban J connectivity index is 2.45. The third-order valence-electron chi connectivity index (χ3n) is 3.63. The van der Waals surface area contributed by atoms with Crippen LogP contribution in [0.2, 0.25) is 0 Å². The molecule has 3 aromatic carbocycles. The smallest absolute Gasteiger partial charge is 0.150 e. The zero-order chi connectivity index (χ0) is 14.1. The minimum atomic E-state index is 0.727. The van der Waals surface area contributed by atoms with Crippen LogP contribution >= 0.6 is 15.9 Å². The van der Waals surface area contributed by atoms with Crippen molar-refractivity contribution in [3.05, 3.63) is 70.2 Å². The van der Waals surface area contributed by atoms with Gasteiger partial charge in [-0.15, -0.1) is 0 Å². The molecule has 0 atom stereocenters. The van der Waals surface area contributed by atoms with Gasteiger partial charge in [0.05, 0.1) is 0 Å². The third kappa shape index (κ3) is 2.06. The summed E-state index contributed by atoms with van der Waals surface area (Å²) in [6.07, 6.45) is 0.933. The molecule has 0 aliphatic rings. The summed E-state index contributed by atoms with van der Waals surface area (Å²) >= 11 is 3.57. The van der Waals surface area contributed by atoms with E-state index >= 15 is 0 Å². The van der Waals surface area contributed by atoms with Crippen molar-refractivity contribution in [2.75, 3.05) is 0 Å². The van der Waals surface area contributed by atoms with Gasteiger partial charge in [0.1, 0.15) is 0 Å². The third-order valence-corrected chi connectivity index (χ3v) is 4.48. The van der Waals surface area contributed by atoms with Gasteiger partial charge < -0.3 is 0 Å². The molecule has 0 fully saturated rings. The van der Waals surface area contributed by atoms with Crippen LogP contribution in [0.1, 0.15) is 15.9 Å². The molecule has 0 aliphatic heterocycles. The topological polar surface area (TPSA) is 17.1 Å². The highest BCUT2D eigenvalue weighted by molar-refractivity contribution is 9.10. The average Bonchev–Trinajstić information content (AvgIpc) is 2.49. The van der Waals surface area contributed by atoms with Gasteiger partial charge in [-0.1, -0.05) is 64.5 Å². The predicted octanol–water partition coefficient (Wildman–Crippen LogP) is 5.39. The zero-order valence-electron chi connectivity index (χ0n) is 11.1. The van der Waals surface area contributed by atoms with E-state index in [2.05, 4.69) is 41.1 Å². The minimum Gasteiger partial charge on any atom is -0.298 e. The average molecular weight is 325 g/mol. The maximum atomic E-state index is 11.4. The lowest BCUT2D eigenvalue weighted by atomic mass is 9.91. The Morgan fingerprint density at radius 1 is 0.950 bits per heavy atom. The highest BCUT2D eigenvalue weighted by Gasteiger charge is 2.12. The van der Waals surface area contributed by atoms with Crippen molar-refractivity contribution in [3.8, 4) is 11.1 Å². The molecule has 0 heterocycles. The fraction of sp³-hybridized carbons (Fsp3) is 0.0556. The van der Waals surface area contributed by atoms with Crippen LogP contribution < -0.4 is 0 Å². The van der Waals surface area contributed by atoms with Gasteiger partial charge in [-0.05, 0) is 34.9 Å². The second-order valence-electron chi connectivity index (χ2n) is 4.78. The first-order valence-electron chi connectivity index (χ1n) is 6.45. The van der Waals surface area contributed by atoms with Gasteiger partial charge in [0.2, 0.25) is 0 Å². The highest BCUT2D eigenvalue weighted by atomic mass is 79.9. The summed E-state index contributed by atoms with van der Waals surface area (Å²) in [4.78, 5) is 11.4. The van der Waals surface area contributed by atoms with E-state index in [1.54, 1.807) is 0 Å². The van der Waals surface area contributed by atoms with Crippen molar-refractivity contribution in [2.24, 2.45) is 0 Å². The Labute approximate surface area is 126 Å². The van der Waals surface area contributed by atoms with E-state index in [-0.39, 0.29) is 0 Å². The minimum absolute atomic E-state index is 0.727. The van der Waals surface area contributed by atoms with E-state index in [9.17, 15) is 4.79 Å². The van der Waals surface area contributed by atoms with Crippen LogP contribution in [0.4, 0.5) is 0 Å². The van der Waals surface area contributed by atoms with E-state index < -0.39 is 0 Å². The predicted molar refractivity (Wildman–Crippen MR) is 87.2 cm³/mol. The molecule has 0 saturated heterocycles. The first-order valence-corrected chi connectivity index (χ1v) is 7.24. The number of rotatable bonds is 2. The van der Waals surface area contributed by atoms with Crippen molar-refractivity contribution in [2.45, 2.75) is 6.92 Å². The van der Waals surface area contributed by atoms with Crippen LogP contribution in [0.3, 0.4) is 0 Å². The maximum Gasteiger partial charge on any atom is 0.150 e. The van der Waals surface area contributed by atoms with Gasteiger partial charge in [0, 0.05) is 15.6 Å². The zero-order valence-corrected chi connectivity index (χ0v) is 12.6. The van der Waals surface area contributed by atoms with Gasteiger partial charge >= 0.3 is 0 Å². The summed E-state index contributed by atoms with van der Waals surface area (Å²) < 4.78 is 1.06. The molecule has 0 spiro atoms. The standard InChI is InChI=1S/C18H13BrO/c1-12-15(7-4-8-17(12)19)18-14(11-20)10-9-13-5-2-3-6-16(13)18/h2-11H,1H3. The molecule has 0 saturated carbocycles. The van der Waals surface area contributed by atoms with Gasteiger partial charge in [0.15, 0.2) is 6.29 Å².